The Kier molecular flexibility index (Phi) is 2.27. The summed E-state index contributed by atoms with van der Waals surface area (Å²) in [4.78, 5) is 10.3. The van der Waals surface area contributed by atoms with E-state index in [-0.39, 0.29) is 13.0 Å². The minimum Gasteiger partial charge on any atom is -0.480 e. The van der Waals surface area contributed by atoms with Gasteiger partial charge in [0.05, 0.1) is 5.92 Å². The van der Waals surface area contributed by atoms with E-state index in [1.54, 1.807) is 0 Å². The van der Waals surface area contributed by atoms with Crippen molar-refractivity contribution in [3.63, 3.8) is 0 Å². The Bertz CT molecular complexity index is 192. The van der Waals surface area contributed by atoms with Gasteiger partial charge in [0.15, 0.2) is 0 Å². The number of halogens is 3. The van der Waals surface area contributed by atoms with Crippen LogP contribution in [-0.2, 0) is 4.79 Å². The number of carbonyl (C=O) groups is 1. The fourth-order valence-electron chi connectivity index (χ4n) is 1.32. The highest BCUT2D eigenvalue weighted by Gasteiger charge is 2.49. The Morgan fingerprint density at radius 3 is 2.42 bits per heavy atom. The van der Waals surface area contributed by atoms with Gasteiger partial charge in [-0.15, -0.1) is 0 Å². The third kappa shape index (κ3) is 1.69. The molecule has 0 aliphatic carbocycles. The SMILES string of the molecule is O=C(O)[C@H]1NCC[C@@H]1C(F)(F)F. The topological polar surface area (TPSA) is 49.3 Å². The molecule has 1 heterocycles. The first-order valence-electron chi connectivity index (χ1n) is 3.46. The number of hydrogen-bond donors (Lipinski definition) is 2. The van der Waals surface area contributed by atoms with Gasteiger partial charge in [-0.2, -0.15) is 13.2 Å². The van der Waals surface area contributed by atoms with E-state index in [1.807, 2.05) is 0 Å². The first kappa shape index (κ1) is 9.31. The monoisotopic (exact) mass is 183 g/mol. The largest absolute Gasteiger partial charge is 0.480 e. The van der Waals surface area contributed by atoms with Crippen LogP contribution in [0.2, 0.25) is 0 Å². The van der Waals surface area contributed by atoms with E-state index < -0.39 is 24.1 Å². The molecule has 1 aliphatic rings. The summed E-state index contributed by atoms with van der Waals surface area (Å²) < 4.78 is 36.2. The molecular formula is C6H8F3NO2. The van der Waals surface area contributed by atoms with Crippen LogP contribution >= 0.6 is 0 Å². The van der Waals surface area contributed by atoms with Crippen molar-refractivity contribution in [3.05, 3.63) is 0 Å². The van der Waals surface area contributed by atoms with Gasteiger partial charge in [-0.1, -0.05) is 0 Å². The minimum atomic E-state index is -4.41. The quantitative estimate of drug-likeness (QED) is 0.626. The summed E-state index contributed by atoms with van der Waals surface area (Å²) in [6.45, 7) is 0.112. The van der Waals surface area contributed by atoms with Crippen LogP contribution in [-0.4, -0.2) is 29.8 Å². The molecule has 70 valence electrons. The van der Waals surface area contributed by atoms with Crippen LogP contribution in [0, 0.1) is 5.92 Å². The standard InChI is InChI=1S/C6H8F3NO2/c7-6(8,9)3-1-2-10-4(3)5(11)12/h3-4,10H,1-2H2,(H,11,12)/t3-,4-/m0/s1. The molecule has 0 radical (unpaired) electrons. The Morgan fingerprint density at radius 2 is 2.08 bits per heavy atom. The van der Waals surface area contributed by atoms with Crippen LogP contribution in [0.4, 0.5) is 13.2 Å². The maximum absolute atomic E-state index is 12.1. The van der Waals surface area contributed by atoms with Gasteiger partial charge in [0.25, 0.3) is 0 Å². The summed E-state index contributed by atoms with van der Waals surface area (Å²) in [5.74, 6) is -3.18. The molecular weight excluding hydrogens is 175 g/mol. The van der Waals surface area contributed by atoms with E-state index in [2.05, 4.69) is 5.32 Å². The molecule has 2 atom stereocenters. The van der Waals surface area contributed by atoms with Crippen LogP contribution in [0.15, 0.2) is 0 Å². The average Bonchev–Trinajstić information content (AvgIpc) is 2.30. The lowest BCUT2D eigenvalue weighted by atomic mass is 10.0. The highest BCUT2D eigenvalue weighted by atomic mass is 19.4. The highest BCUT2D eigenvalue weighted by molar-refractivity contribution is 5.74. The number of alkyl halides is 3. The highest BCUT2D eigenvalue weighted by Crippen LogP contribution is 2.34. The molecule has 1 saturated heterocycles. The number of nitrogens with one attached hydrogen (secondary N) is 1. The fourth-order valence-corrected chi connectivity index (χ4v) is 1.32. The van der Waals surface area contributed by atoms with Gasteiger partial charge in [0, 0.05) is 0 Å². The van der Waals surface area contributed by atoms with Crippen LogP contribution in [0.3, 0.4) is 0 Å². The van der Waals surface area contributed by atoms with Gasteiger partial charge in [-0.25, -0.2) is 0 Å². The van der Waals surface area contributed by atoms with Crippen LogP contribution < -0.4 is 5.32 Å². The molecule has 3 nitrogen and oxygen atoms in total. The zero-order valence-corrected chi connectivity index (χ0v) is 6.06. The van der Waals surface area contributed by atoms with Crippen LogP contribution in [0.5, 0.6) is 0 Å². The van der Waals surface area contributed by atoms with E-state index in [4.69, 9.17) is 5.11 Å². The molecule has 0 aromatic rings. The number of carboxylic acids is 1. The summed E-state index contributed by atoms with van der Waals surface area (Å²) in [5.41, 5.74) is 0. The normalized spacial score (nSPS) is 30.6. The number of rotatable bonds is 1. The Morgan fingerprint density at radius 1 is 1.50 bits per heavy atom. The smallest absolute Gasteiger partial charge is 0.393 e. The van der Waals surface area contributed by atoms with Crippen molar-refractivity contribution < 1.29 is 23.1 Å². The minimum absolute atomic E-state index is 0.112. The second-order valence-electron chi connectivity index (χ2n) is 2.71. The Hall–Kier alpha value is -0.780. The number of aliphatic carboxylic acids is 1. The molecule has 0 bridgehead atoms. The third-order valence-electron chi connectivity index (χ3n) is 1.91. The van der Waals surface area contributed by atoms with Crippen molar-refractivity contribution in [2.24, 2.45) is 5.92 Å². The molecule has 0 amide bonds. The Balaban J connectivity index is 2.71. The second kappa shape index (κ2) is 2.93. The van der Waals surface area contributed by atoms with E-state index in [0.29, 0.717) is 0 Å². The van der Waals surface area contributed by atoms with Gasteiger partial charge in [0.1, 0.15) is 6.04 Å². The van der Waals surface area contributed by atoms with Gasteiger partial charge in [-0.05, 0) is 13.0 Å². The van der Waals surface area contributed by atoms with E-state index in [0.717, 1.165) is 0 Å². The van der Waals surface area contributed by atoms with Crippen molar-refractivity contribution in [3.8, 4) is 0 Å². The zero-order chi connectivity index (χ0) is 9.35. The summed E-state index contributed by atoms with van der Waals surface area (Å²) in [6, 6.07) is -1.47. The molecule has 0 aromatic heterocycles. The maximum Gasteiger partial charge on any atom is 0.393 e. The maximum atomic E-state index is 12.1. The summed E-state index contributed by atoms with van der Waals surface area (Å²) in [6.07, 6.45) is -4.56. The summed E-state index contributed by atoms with van der Waals surface area (Å²) >= 11 is 0. The number of carboxylic acid groups (broad SMARTS) is 1. The predicted octanol–water partition coefficient (Wildman–Crippen LogP) is 0.611. The molecule has 2 N–H and O–H groups in total. The van der Waals surface area contributed by atoms with Crippen molar-refractivity contribution in [1.29, 1.82) is 0 Å². The molecule has 1 rings (SSSR count). The average molecular weight is 183 g/mol. The molecule has 1 aliphatic heterocycles. The first-order chi connectivity index (χ1) is 5.43. The van der Waals surface area contributed by atoms with Crippen LogP contribution in [0.1, 0.15) is 6.42 Å². The first-order valence-corrected chi connectivity index (χ1v) is 3.46. The second-order valence-corrected chi connectivity index (χ2v) is 2.71. The molecule has 0 saturated carbocycles. The van der Waals surface area contributed by atoms with Crippen molar-refractivity contribution in [2.75, 3.05) is 6.54 Å². The molecule has 0 unspecified atom stereocenters. The van der Waals surface area contributed by atoms with Gasteiger partial charge >= 0.3 is 12.1 Å². The van der Waals surface area contributed by atoms with Crippen LogP contribution in [0.25, 0.3) is 0 Å². The number of hydrogen-bond acceptors (Lipinski definition) is 2. The van der Waals surface area contributed by atoms with E-state index >= 15 is 0 Å². The third-order valence-corrected chi connectivity index (χ3v) is 1.91. The summed E-state index contributed by atoms with van der Waals surface area (Å²) in [5, 5.41) is 10.7. The van der Waals surface area contributed by atoms with Gasteiger partial charge in [0.2, 0.25) is 0 Å². The Labute approximate surface area is 66.6 Å². The van der Waals surface area contributed by atoms with Gasteiger partial charge < -0.3 is 10.4 Å². The molecule has 6 heteroatoms. The molecule has 1 fully saturated rings. The molecule has 0 aromatic carbocycles. The summed E-state index contributed by atoms with van der Waals surface area (Å²) in [7, 11) is 0. The van der Waals surface area contributed by atoms with Gasteiger partial charge in [-0.3, -0.25) is 4.79 Å². The van der Waals surface area contributed by atoms with Crippen molar-refractivity contribution >= 4 is 5.97 Å². The lowest BCUT2D eigenvalue weighted by molar-refractivity contribution is -0.183. The molecule has 0 spiro atoms. The lowest BCUT2D eigenvalue weighted by Gasteiger charge is -2.18. The zero-order valence-electron chi connectivity index (χ0n) is 6.06. The fraction of sp³-hybridized carbons (Fsp3) is 0.833. The predicted molar refractivity (Wildman–Crippen MR) is 33.6 cm³/mol. The van der Waals surface area contributed by atoms with E-state index in [9.17, 15) is 18.0 Å². The van der Waals surface area contributed by atoms with Crippen molar-refractivity contribution in [1.82, 2.24) is 5.32 Å². The lowest BCUT2D eigenvalue weighted by Crippen LogP contribution is -2.41. The molecule has 12 heavy (non-hydrogen) atoms. The van der Waals surface area contributed by atoms with E-state index in [1.165, 1.54) is 0 Å². The van der Waals surface area contributed by atoms with Crippen molar-refractivity contribution in [2.45, 2.75) is 18.6 Å².